The standard InChI is InChI=1S/C19H26O5/c1-5-11-22-18(20)17(19(21)23-12-6-2)13-15-7-9-16(10-8-15)24-14(3)4/h7-10,13-14H,5-6,11-12H2,1-4H3. The summed E-state index contributed by atoms with van der Waals surface area (Å²) in [4.78, 5) is 24.2. The summed E-state index contributed by atoms with van der Waals surface area (Å²) in [5, 5.41) is 0. The number of rotatable bonds is 9. The first kappa shape index (κ1) is 19.7. The highest BCUT2D eigenvalue weighted by Gasteiger charge is 2.21. The minimum absolute atomic E-state index is 0.0787. The van der Waals surface area contributed by atoms with Crippen LogP contribution in [0.4, 0.5) is 0 Å². The summed E-state index contributed by atoms with van der Waals surface area (Å²) in [6.07, 6.45) is 2.93. The van der Waals surface area contributed by atoms with Crippen LogP contribution in [0.2, 0.25) is 0 Å². The highest BCUT2D eigenvalue weighted by Crippen LogP contribution is 2.17. The Morgan fingerprint density at radius 2 is 1.46 bits per heavy atom. The summed E-state index contributed by atoms with van der Waals surface area (Å²) < 4.78 is 15.7. The molecule has 0 aliphatic carbocycles. The molecule has 1 rings (SSSR count). The molecule has 1 aromatic carbocycles. The second kappa shape index (κ2) is 10.5. The van der Waals surface area contributed by atoms with Crippen molar-refractivity contribution in [3.05, 3.63) is 35.4 Å². The van der Waals surface area contributed by atoms with Crippen molar-refractivity contribution in [3.8, 4) is 5.75 Å². The van der Waals surface area contributed by atoms with Crippen molar-refractivity contribution in [2.45, 2.75) is 46.6 Å². The molecule has 0 bridgehead atoms. The maximum absolute atomic E-state index is 12.1. The maximum atomic E-state index is 12.1. The lowest BCUT2D eigenvalue weighted by atomic mass is 10.1. The van der Waals surface area contributed by atoms with E-state index in [9.17, 15) is 9.59 Å². The third-order valence-corrected chi connectivity index (χ3v) is 2.88. The van der Waals surface area contributed by atoms with Gasteiger partial charge in [-0.3, -0.25) is 0 Å². The van der Waals surface area contributed by atoms with Gasteiger partial charge in [0.25, 0.3) is 0 Å². The summed E-state index contributed by atoms with van der Waals surface area (Å²) in [6, 6.07) is 7.13. The molecule has 0 amide bonds. The van der Waals surface area contributed by atoms with Crippen LogP contribution in [0.1, 0.15) is 46.1 Å². The lowest BCUT2D eigenvalue weighted by Gasteiger charge is -2.10. The molecular weight excluding hydrogens is 308 g/mol. The Bertz CT molecular complexity index is 536. The molecule has 5 heteroatoms. The van der Waals surface area contributed by atoms with E-state index in [-0.39, 0.29) is 24.9 Å². The summed E-state index contributed by atoms with van der Waals surface area (Å²) >= 11 is 0. The second-order valence-corrected chi connectivity index (χ2v) is 5.57. The van der Waals surface area contributed by atoms with Gasteiger partial charge in [0.05, 0.1) is 19.3 Å². The first-order valence-corrected chi connectivity index (χ1v) is 8.30. The molecule has 0 saturated heterocycles. The van der Waals surface area contributed by atoms with Crippen molar-refractivity contribution in [2.24, 2.45) is 0 Å². The van der Waals surface area contributed by atoms with E-state index in [1.54, 1.807) is 24.3 Å². The van der Waals surface area contributed by atoms with Crippen LogP contribution in [-0.2, 0) is 19.1 Å². The van der Waals surface area contributed by atoms with Crippen LogP contribution < -0.4 is 4.74 Å². The van der Waals surface area contributed by atoms with Gasteiger partial charge in [-0.05, 0) is 50.5 Å². The molecule has 0 N–H and O–H groups in total. The normalized spacial score (nSPS) is 10.2. The fourth-order valence-electron chi connectivity index (χ4n) is 1.83. The molecule has 0 aromatic heterocycles. The van der Waals surface area contributed by atoms with Crippen LogP contribution in [0, 0.1) is 0 Å². The Balaban J connectivity index is 2.97. The Hall–Kier alpha value is -2.30. The molecule has 0 aliphatic heterocycles. The fourth-order valence-corrected chi connectivity index (χ4v) is 1.83. The molecule has 132 valence electrons. The van der Waals surface area contributed by atoms with E-state index in [2.05, 4.69) is 0 Å². The van der Waals surface area contributed by atoms with Gasteiger partial charge in [-0.25, -0.2) is 9.59 Å². The third-order valence-electron chi connectivity index (χ3n) is 2.88. The zero-order valence-corrected chi connectivity index (χ0v) is 14.8. The summed E-state index contributed by atoms with van der Waals surface area (Å²) in [5.74, 6) is -0.605. The predicted molar refractivity (Wildman–Crippen MR) is 92.7 cm³/mol. The Labute approximate surface area is 143 Å². The topological polar surface area (TPSA) is 61.8 Å². The smallest absolute Gasteiger partial charge is 0.345 e. The SMILES string of the molecule is CCCOC(=O)C(=Cc1ccc(OC(C)C)cc1)C(=O)OCCC. The number of carbonyl (C=O) groups is 2. The lowest BCUT2D eigenvalue weighted by molar-refractivity contribution is -0.147. The fraction of sp³-hybridized carbons (Fsp3) is 0.474. The van der Waals surface area contributed by atoms with E-state index in [4.69, 9.17) is 14.2 Å². The number of esters is 2. The molecule has 24 heavy (non-hydrogen) atoms. The molecule has 0 aliphatic rings. The molecule has 0 radical (unpaired) electrons. The molecule has 0 atom stereocenters. The zero-order valence-electron chi connectivity index (χ0n) is 14.8. The molecule has 0 fully saturated rings. The van der Waals surface area contributed by atoms with Crippen molar-refractivity contribution in [2.75, 3.05) is 13.2 Å². The van der Waals surface area contributed by atoms with Crippen molar-refractivity contribution in [1.82, 2.24) is 0 Å². The molecule has 5 nitrogen and oxygen atoms in total. The van der Waals surface area contributed by atoms with E-state index < -0.39 is 11.9 Å². The Morgan fingerprint density at radius 1 is 0.958 bits per heavy atom. The first-order chi connectivity index (χ1) is 11.5. The molecule has 0 saturated carbocycles. The van der Waals surface area contributed by atoms with Crippen LogP contribution in [0.5, 0.6) is 5.75 Å². The van der Waals surface area contributed by atoms with Crippen molar-refractivity contribution in [3.63, 3.8) is 0 Å². The second-order valence-electron chi connectivity index (χ2n) is 5.57. The van der Waals surface area contributed by atoms with Gasteiger partial charge in [-0.15, -0.1) is 0 Å². The van der Waals surface area contributed by atoms with Crippen LogP contribution >= 0.6 is 0 Å². The third kappa shape index (κ3) is 6.86. The van der Waals surface area contributed by atoms with Gasteiger partial charge in [0.1, 0.15) is 11.3 Å². The zero-order chi connectivity index (χ0) is 17.9. The van der Waals surface area contributed by atoms with Crippen molar-refractivity contribution < 1.29 is 23.8 Å². The highest BCUT2D eigenvalue weighted by atomic mass is 16.6. The molecule has 1 aromatic rings. The molecule has 0 unspecified atom stereocenters. The van der Waals surface area contributed by atoms with Crippen molar-refractivity contribution in [1.29, 1.82) is 0 Å². The minimum Gasteiger partial charge on any atom is -0.491 e. The lowest BCUT2D eigenvalue weighted by Crippen LogP contribution is -2.19. The van der Waals surface area contributed by atoms with E-state index >= 15 is 0 Å². The molecular formula is C19H26O5. The van der Waals surface area contributed by atoms with Gasteiger partial charge in [0, 0.05) is 0 Å². The number of benzene rings is 1. The first-order valence-electron chi connectivity index (χ1n) is 8.30. The van der Waals surface area contributed by atoms with Crippen LogP contribution in [0.3, 0.4) is 0 Å². The average molecular weight is 334 g/mol. The number of hydrogen-bond acceptors (Lipinski definition) is 5. The van der Waals surface area contributed by atoms with Crippen LogP contribution in [0.25, 0.3) is 6.08 Å². The minimum atomic E-state index is -0.666. The monoisotopic (exact) mass is 334 g/mol. The largest absolute Gasteiger partial charge is 0.491 e. The Morgan fingerprint density at radius 3 is 1.88 bits per heavy atom. The van der Waals surface area contributed by atoms with E-state index in [1.807, 2.05) is 27.7 Å². The van der Waals surface area contributed by atoms with Gasteiger partial charge < -0.3 is 14.2 Å². The van der Waals surface area contributed by atoms with Gasteiger partial charge >= 0.3 is 11.9 Å². The predicted octanol–water partition coefficient (Wildman–Crippen LogP) is 3.76. The number of ether oxygens (including phenoxy) is 3. The van der Waals surface area contributed by atoms with Gasteiger partial charge in [0.2, 0.25) is 0 Å². The summed E-state index contributed by atoms with van der Waals surface area (Å²) in [6.45, 7) is 8.19. The van der Waals surface area contributed by atoms with Crippen molar-refractivity contribution >= 4 is 18.0 Å². The van der Waals surface area contributed by atoms with E-state index in [1.165, 1.54) is 6.08 Å². The highest BCUT2D eigenvalue weighted by molar-refractivity contribution is 6.17. The Kier molecular flexibility index (Phi) is 8.61. The quantitative estimate of drug-likeness (QED) is 0.298. The summed E-state index contributed by atoms with van der Waals surface area (Å²) in [5.41, 5.74) is 0.595. The van der Waals surface area contributed by atoms with Crippen LogP contribution in [0.15, 0.2) is 29.8 Å². The molecule has 0 spiro atoms. The average Bonchev–Trinajstić information content (AvgIpc) is 2.56. The van der Waals surface area contributed by atoms with Crippen LogP contribution in [-0.4, -0.2) is 31.3 Å². The van der Waals surface area contributed by atoms with E-state index in [0.717, 1.165) is 5.75 Å². The van der Waals surface area contributed by atoms with Gasteiger partial charge in [-0.1, -0.05) is 26.0 Å². The van der Waals surface area contributed by atoms with Gasteiger partial charge in [0.15, 0.2) is 0 Å². The van der Waals surface area contributed by atoms with Gasteiger partial charge in [-0.2, -0.15) is 0 Å². The molecule has 0 heterocycles. The number of hydrogen-bond donors (Lipinski definition) is 0. The number of carbonyl (C=O) groups excluding carboxylic acids is 2. The maximum Gasteiger partial charge on any atom is 0.345 e. The summed E-state index contributed by atoms with van der Waals surface area (Å²) in [7, 11) is 0. The van der Waals surface area contributed by atoms with E-state index in [0.29, 0.717) is 18.4 Å².